The molecule has 0 radical (unpaired) electrons. The number of nitrogens with one attached hydrogen (secondary N) is 1. The van der Waals surface area contributed by atoms with Gasteiger partial charge in [0.05, 0.1) is 6.61 Å². The van der Waals surface area contributed by atoms with Crippen LogP contribution in [0, 0.1) is 0 Å². The van der Waals surface area contributed by atoms with Crippen molar-refractivity contribution in [2.45, 2.75) is 31.8 Å². The molecule has 2 heterocycles. The van der Waals surface area contributed by atoms with Crippen molar-refractivity contribution in [1.82, 2.24) is 5.32 Å². The van der Waals surface area contributed by atoms with Crippen LogP contribution in [0.2, 0.25) is 5.02 Å². The highest BCUT2D eigenvalue weighted by Gasteiger charge is 2.19. The standard InChI is InChI=1S/C14H18ClNOS/c15-12-7-10-1-4-17-14(10)11(8-12)9-16-13-2-5-18-6-3-13/h7-8,13,16H,1-6,9H2. The Balaban J connectivity index is 1.68. The van der Waals surface area contributed by atoms with Gasteiger partial charge in [0.1, 0.15) is 5.75 Å². The molecular weight excluding hydrogens is 266 g/mol. The monoisotopic (exact) mass is 283 g/mol. The summed E-state index contributed by atoms with van der Waals surface area (Å²) in [6.45, 7) is 1.67. The molecule has 1 aromatic carbocycles. The van der Waals surface area contributed by atoms with E-state index in [1.807, 2.05) is 12.1 Å². The Labute approximate surface area is 117 Å². The van der Waals surface area contributed by atoms with Gasteiger partial charge >= 0.3 is 0 Å². The zero-order valence-corrected chi connectivity index (χ0v) is 11.9. The Morgan fingerprint density at radius 1 is 1.33 bits per heavy atom. The van der Waals surface area contributed by atoms with E-state index in [0.29, 0.717) is 6.04 Å². The topological polar surface area (TPSA) is 21.3 Å². The summed E-state index contributed by atoms with van der Waals surface area (Å²) in [5.41, 5.74) is 2.48. The van der Waals surface area contributed by atoms with E-state index in [-0.39, 0.29) is 0 Å². The highest BCUT2D eigenvalue weighted by atomic mass is 35.5. The SMILES string of the molecule is Clc1cc2c(c(CNC3CCSCC3)c1)OCC2. The van der Waals surface area contributed by atoms with E-state index in [9.17, 15) is 0 Å². The van der Waals surface area contributed by atoms with Crippen LogP contribution >= 0.6 is 23.4 Å². The molecule has 2 aliphatic heterocycles. The molecular formula is C14H18ClNOS. The summed E-state index contributed by atoms with van der Waals surface area (Å²) in [6, 6.07) is 4.73. The summed E-state index contributed by atoms with van der Waals surface area (Å²) < 4.78 is 5.72. The van der Waals surface area contributed by atoms with Gasteiger partial charge in [0.2, 0.25) is 0 Å². The maximum atomic E-state index is 6.16. The number of benzene rings is 1. The maximum Gasteiger partial charge on any atom is 0.127 e. The van der Waals surface area contributed by atoms with Crippen LogP contribution in [0.4, 0.5) is 0 Å². The molecule has 1 N–H and O–H groups in total. The van der Waals surface area contributed by atoms with Gasteiger partial charge < -0.3 is 10.1 Å². The molecule has 0 unspecified atom stereocenters. The summed E-state index contributed by atoms with van der Waals surface area (Å²) >= 11 is 8.22. The van der Waals surface area contributed by atoms with E-state index in [1.54, 1.807) is 0 Å². The van der Waals surface area contributed by atoms with Gasteiger partial charge in [-0.1, -0.05) is 11.6 Å². The number of rotatable bonds is 3. The number of halogens is 1. The number of fused-ring (bicyclic) bond motifs is 1. The first-order valence-corrected chi connectivity index (χ1v) is 8.11. The van der Waals surface area contributed by atoms with Crippen LogP contribution in [0.1, 0.15) is 24.0 Å². The van der Waals surface area contributed by atoms with Gasteiger partial charge in [-0.25, -0.2) is 0 Å². The lowest BCUT2D eigenvalue weighted by Gasteiger charge is -2.23. The van der Waals surface area contributed by atoms with Crippen LogP contribution in [0.5, 0.6) is 5.75 Å². The van der Waals surface area contributed by atoms with Crippen LogP contribution in [-0.2, 0) is 13.0 Å². The van der Waals surface area contributed by atoms with Crippen molar-refractivity contribution < 1.29 is 4.74 Å². The van der Waals surface area contributed by atoms with Crippen molar-refractivity contribution in [3.05, 3.63) is 28.3 Å². The summed E-state index contributed by atoms with van der Waals surface area (Å²) in [7, 11) is 0. The number of ether oxygens (including phenoxy) is 1. The maximum absolute atomic E-state index is 6.16. The zero-order chi connectivity index (χ0) is 12.4. The molecule has 3 rings (SSSR count). The minimum absolute atomic E-state index is 0.655. The molecule has 2 nitrogen and oxygen atoms in total. The van der Waals surface area contributed by atoms with Crippen molar-refractivity contribution in [2.24, 2.45) is 0 Å². The predicted octanol–water partition coefficient (Wildman–Crippen LogP) is 3.26. The third kappa shape index (κ3) is 2.79. The fourth-order valence-corrected chi connectivity index (χ4v) is 4.00. The molecule has 0 spiro atoms. The molecule has 1 fully saturated rings. The van der Waals surface area contributed by atoms with Gasteiger partial charge in [-0.2, -0.15) is 11.8 Å². The van der Waals surface area contributed by atoms with E-state index in [2.05, 4.69) is 17.1 Å². The molecule has 2 aliphatic rings. The highest BCUT2D eigenvalue weighted by molar-refractivity contribution is 7.99. The summed E-state index contributed by atoms with van der Waals surface area (Å²) in [5.74, 6) is 3.63. The smallest absolute Gasteiger partial charge is 0.127 e. The van der Waals surface area contributed by atoms with Gasteiger partial charge in [0.25, 0.3) is 0 Å². The van der Waals surface area contributed by atoms with Crippen LogP contribution in [0.25, 0.3) is 0 Å². The quantitative estimate of drug-likeness (QED) is 0.920. The van der Waals surface area contributed by atoms with E-state index in [1.165, 1.54) is 35.5 Å². The minimum Gasteiger partial charge on any atom is -0.493 e. The Bertz CT molecular complexity index is 432. The van der Waals surface area contributed by atoms with Crippen molar-refractivity contribution in [3.63, 3.8) is 0 Å². The lowest BCUT2D eigenvalue weighted by atomic mass is 10.1. The first kappa shape index (κ1) is 12.6. The molecule has 4 heteroatoms. The summed E-state index contributed by atoms with van der Waals surface area (Å²) in [4.78, 5) is 0. The van der Waals surface area contributed by atoms with Crippen molar-refractivity contribution in [2.75, 3.05) is 18.1 Å². The Morgan fingerprint density at radius 2 is 2.17 bits per heavy atom. The molecule has 0 amide bonds. The van der Waals surface area contributed by atoms with Gasteiger partial charge in [-0.05, 0) is 42.0 Å². The molecule has 0 aromatic heterocycles. The Kier molecular flexibility index (Phi) is 4.02. The average Bonchev–Trinajstić information content (AvgIpc) is 2.85. The molecule has 0 bridgehead atoms. The molecule has 0 saturated carbocycles. The second kappa shape index (κ2) is 5.72. The van der Waals surface area contributed by atoms with Crippen molar-refractivity contribution >= 4 is 23.4 Å². The molecule has 18 heavy (non-hydrogen) atoms. The van der Waals surface area contributed by atoms with Gasteiger partial charge in [-0.3, -0.25) is 0 Å². The van der Waals surface area contributed by atoms with Crippen LogP contribution in [0.3, 0.4) is 0 Å². The summed E-state index contributed by atoms with van der Waals surface area (Å²) in [5, 5.41) is 4.47. The minimum atomic E-state index is 0.655. The number of thioether (sulfide) groups is 1. The van der Waals surface area contributed by atoms with Gasteiger partial charge in [0.15, 0.2) is 0 Å². The first-order valence-electron chi connectivity index (χ1n) is 6.58. The lowest BCUT2D eigenvalue weighted by molar-refractivity contribution is 0.351. The number of hydrogen-bond donors (Lipinski definition) is 1. The fourth-order valence-electron chi connectivity index (χ4n) is 2.63. The molecule has 0 atom stereocenters. The predicted molar refractivity (Wildman–Crippen MR) is 77.8 cm³/mol. The second-order valence-electron chi connectivity index (χ2n) is 4.92. The third-order valence-electron chi connectivity index (χ3n) is 3.63. The van der Waals surface area contributed by atoms with Crippen molar-refractivity contribution in [3.8, 4) is 5.75 Å². The number of hydrogen-bond acceptors (Lipinski definition) is 3. The highest BCUT2D eigenvalue weighted by Crippen LogP contribution is 2.33. The summed E-state index contributed by atoms with van der Waals surface area (Å²) in [6.07, 6.45) is 3.53. The molecule has 98 valence electrons. The largest absolute Gasteiger partial charge is 0.493 e. The molecule has 1 saturated heterocycles. The van der Waals surface area contributed by atoms with Gasteiger partial charge in [-0.15, -0.1) is 0 Å². The van der Waals surface area contributed by atoms with E-state index in [0.717, 1.165) is 30.3 Å². The van der Waals surface area contributed by atoms with Crippen molar-refractivity contribution in [1.29, 1.82) is 0 Å². The molecule has 0 aliphatic carbocycles. The second-order valence-corrected chi connectivity index (χ2v) is 6.58. The van der Waals surface area contributed by atoms with E-state index < -0.39 is 0 Å². The lowest BCUT2D eigenvalue weighted by Crippen LogP contribution is -2.32. The molecule has 1 aromatic rings. The van der Waals surface area contributed by atoms with E-state index in [4.69, 9.17) is 16.3 Å². The van der Waals surface area contributed by atoms with Crippen LogP contribution in [-0.4, -0.2) is 24.2 Å². The third-order valence-corrected chi connectivity index (χ3v) is 4.89. The van der Waals surface area contributed by atoms with Gasteiger partial charge in [0, 0.05) is 29.6 Å². The Morgan fingerprint density at radius 3 is 3.00 bits per heavy atom. The van der Waals surface area contributed by atoms with Crippen LogP contribution < -0.4 is 10.1 Å². The van der Waals surface area contributed by atoms with E-state index >= 15 is 0 Å². The Hall–Kier alpha value is -0.380. The normalized spacial score (nSPS) is 19.6. The zero-order valence-electron chi connectivity index (χ0n) is 10.4. The fraction of sp³-hybridized carbons (Fsp3) is 0.571. The first-order chi connectivity index (χ1) is 8.83. The van der Waals surface area contributed by atoms with Crippen LogP contribution in [0.15, 0.2) is 12.1 Å². The average molecular weight is 284 g/mol.